The number of hydrogen-bond acceptors (Lipinski definition) is 4. The summed E-state index contributed by atoms with van der Waals surface area (Å²) in [7, 11) is 0. The monoisotopic (exact) mass is 383 g/mol. The molecule has 1 heterocycles. The topological polar surface area (TPSA) is 79.3 Å². The van der Waals surface area contributed by atoms with Crippen LogP contribution in [0, 0.1) is 23.0 Å². The number of nitriles is 1. The first-order valence-electron chi connectivity index (χ1n) is 8.83. The smallest absolute Gasteiger partial charge is 0.227 e. The van der Waals surface area contributed by atoms with Crippen LogP contribution in [0.3, 0.4) is 0 Å². The maximum absolute atomic E-state index is 13.5. The van der Waals surface area contributed by atoms with Crippen LogP contribution in [0.25, 0.3) is 5.76 Å². The van der Waals surface area contributed by atoms with Gasteiger partial charge in [-0.2, -0.15) is 11.2 Å². The van der Waals surface area contributed by atoms with Gasteiger partial charge in [-0.15, -0.1) is 0 Å². The molecule has 0 bridgehead atoms. The van der Waals surface area contributed by atoms with E-state index < -0.39 is 5.82 Å². The molecule has 0 aliphatic carbocycles. The molecule has 0 saturated carbocycles. The average molecular weight is 383 g/mol. The Balaban J connectivity index is 1.69. The predicted octanol–water partition coefficient (Wildman–Crippen LogP) is 3.30. The number of piperidine rings is 1. The van der Waals surface area contributed by atoms with Crippen LogP contribution in [-0.2, 0) is 16.1 Å². The first-order chi connectivity index (χ1) is 13.5. The van der Waals surface area contributed by atoms with Gasteiger partial charge in [0.05, 0.1) is 12.0 Å². The van der Waals surface area contributed by atoms with Crippen molar-refractivity contribution < 1.29 is 18.4 Å². The largest absolute Gasteiger partial charge is 0.411 e. The predicted molar refractivity (Wildman–Crippen MR) is 99.2 cm³/mol. The van der Waals surface area contributed by atoms with Gasteiger partial charge in [0.1, 0.15) is 17.7 Å². The molecule has 5 nitrogen and oxygen atoms in total. The van der Waals surface area contributed by atoms with Gasteiger partial charge in [-0.05, 0) is 54.3 Å². The minimum absolute atomic E-state index is 0.0329. The Morgan fingerprint density at radius 1 is 1.14 bits per heavy atom. The molecular weight excluding hydrogens is 364 g/mol. The number of hydrogen-bond donors (Lipinski definition) is 1. The molecule has 0 atom stereocenters. The lowest BCUT2D eigenvalue weighted by Crippen LogP contribution is -2.37. The van der Waals surface area contributed by atoms with E-state index in [1.807, 2.05) is 0 Å². The molecule has 0 unspecified atom stereocenters. The molecule has 28 heavy (non-hydrogen) atoms. The van der Waals surface area contributed by atoms with Gasteiger partial charge in [-0.1, -0.05) is 12.1 Å². The van der Waals surface area contributed by atoms with E-state index in [9.17, 15) is 13.6 Å². The van der Waals surface area contributed by atoms with Crippen LogP contribution in [0.1, 0.15) is 29.5 Å². The molecule has 0 aromatic heterocycles. The molecule has 1 saturated heterocycles. The molecular formula is C21H19F2N3O2. The summed E-state index contributed by atoms with van der Waals surface area (Å²) in [5, 5.41) is 9.00. The Bertz CT molecular complexity index is 939. The standard InChI is InChI=1S/C21H19F2N3O2/c22-18-4-1-14(2-5-18)11-20(27)26-9-7-15(8-10-26)21(28-25)16-3-6-19(23)17(12-16)13-24/h1-6,12H,7-11,25H2. The van der Waals surface area contributed by atoms with Crippen LogP contribution in [0.4, 0.5) is 8.78 Å². The second-order valence-corrected chi connectivity index (χ2v) is 6.54. The normalized spacial score (nSPS) is 13.8. The second-order valence-electron chi connectivity index (χ2n) is 6.54. The van der Waals surface area contributed by atoms with Gasteiger partial charge in [-0.25, -0.2) is 8.78 Å². The molecule has 7 heteroatoms. The fourth-order valence-electron chi connectivity index (χ4n) is 3.25. The van der Waals surface area contributed by atoms with E-state index >= 15 is 0 Å². The molecule has 0 radical (unpaired) electrons. The van der Waals surface area contributed by atoms with E-state index in [0.717, 1.165) is 11.1 Å². The number of rotatable bonds is 4. The molecule has 2 aromatic rings. The Morgan fingerprint density at radius 3 is 2.43 bits per heavy atom. The number of carbonyl (C=O) groups excluding carboxylic acids is 1. The zero-order valence-electron chi connectivity index (χ0n) is 15.1. The number of nitrogens with zero attached hydrogens (tertiary/aromatic N) is 2. The number of amides is 1. The van der Waals surface area contributed by atoms with Crippen LogP contribution in [0.15, 0.2) is 48.0 Å². The quantitative estimate of drug-likeness (QED) is 0.649. The highest BCUT2D eigenvalue weighted by molar-refractivity contribution is 5.79. The van der Waals surface area contributed by atoms with Crippen molar-refractivity contribution in [3.8, 4) is 6.07 Å². The Hall–Kier alpha value is -3.24. The molecule has 2 aromatic carbocycles. The van der Waals surface area contributed by atoms with Crippen molar-refractivity contribution >= 4 is 11.7 Å². The second kappa shape index (κ2) is 8.63. The van der Waals surface area contributed by atoms with E-state index in [0.29, 0.717) is 37.3 Å². The number of halogens is 2. The number of benzene rings is 2. The van der Waals surface area contributed by atoms with Gasteiger partial charge in [0.25, 0.3) is 0 Å². The molecule has 3 rings (SSSR count). The third-order valence-corrected chi connectivity index (χ3v) is 4.78. The first-order valence-corrected chi connectivity index (χ1v) is 8.83. The fraction of sp³-hybridized carbons (Fsp3) is 0.238. The highest BCUT2D eigenvalue weighted by atomic mass is 19.1. The van der Waals surface area contributed by atoms with Crippen molar-refractivity contribution in [3.63, 3.8) is 0 Å². The molecule has 1 aliphatic heterocycles. The molecule has 2 N–H and O–H groups in total. The van der Waals surface area contributed by atoms with Gasteiger partial charge in [0.2, 0.25) is 5.91 Å². The van der Waals surface area contributed by atoms with Crippen molar-refractivity contribution in [2.45, 2.75) is 19.3 Å². The molecule has 0 spiro atoms. The number of nitrogens with two attached hydrogens (primary N) is 1. The van der Waals surface area contributed by atoms with Gasteiger partial charge in [-0.3, -0.25) is 4.79 Å². The summed E-state index contributed by atoms with van der Waals surface area (Å²) in [5.74, 6) is 4.86. The summed E-state index contributed by atoms with van der Waals surface area (Å²) in [5.41, 5.74) is 2.11. The van der Waals surface area contributed by atoms with Gasteiger partial charge < -0.3 is 9.74 Å². The van der Waals surface area contributed by atoms with Crippen molar-refractivity contribution in [3.05, 3.63) is 76.4 Å². The number of likely N-dealkylation sites (tertiary alicyclic amines) is 1. The molecule has 1 aliphatic rings. The average Bonchev–Trinajstić information content (AvgIpc) is 2.72. The summed E-state index contributed by atoms with van der Waals surface area (Å²) in [4.78, 5) is 19.2. The Morgan fingerprint density at radius 2 is 1.82 bits per heavy atom. The summed E-state index contributed by atoms with van der Waals surface area (Å²) in [6.07, 6.45) is 1.32. The van der Waals surface area contributed by atoms with Crippen molar-refractivity contribution in [1.29, 1.82) is 5.26 Å². The van der Waals surface area contributed by atoms with E-state index in [1.54, 1.807) is 23.1 Å². The Kier molecular flexibility index (Phi) is 6.02. The molecule has 1 amide bonds. The minimum atomic E-state index is -0.603. The highest BCUT2D eigenvalue weighted by Crippen LogP contribution is 2.28. The van der Waals surface area contributed by atoms with Gasteiger partial charge >= 0.3 is 0 Å². The third-order valence-electron chi connectivity index (χ3n) is 4.78. The first kappa shape index (κ1) is 19.5. The lowest BCUT2D eigenvalue weighted by Gasteiger charge is -2.29. The summed E-state index contributed by atoms with van der Waals surface area (Å²) < 4.78 is 26.5. The van der Waals surface area contributed by atoms with Crippen molar-refractivity contribution in [2.24, 2.45) is 5.90 Å². The minimum Gasteiger partial charge on any atom is -0.411 e. The SMILES string of the molecule is N#Cc1cc(C(ON)=C2CCN(C(=O)Cc3ccc(F)cc3)CC2)ccc1F. The van der Waals surface area contributed by atoms with Crippen molar-refractivity contribution in [1.82, 2.24) is 4.90 Å². The molecule has 1 fully saturated rings. The third kappa shape index (κ3) is 4.35. The van der Waals surface area contributed by atoms with Gasteiger partial charge in [0, 0.05) is 18.7 Å². The van der Waals surface area contributed by atoms with E-state index in [1.165, 1.54) is 30.3 Å². The lowest BCUT2D eigenvalue weighted by atomic mass is 9.97. The Labute approximate surface area is 161 Å². The van der Waals surface area contributed by atoms with Crippen LogP contribution < -0.4 is 5.90 Å². The number of carbonyl (C=O) groups is 1. The fourth-order valence-corrected chi connectivity index (χ4v) is 3.25. The lowest BCUT2D eigenvalue weighted by molar-refractivity contribution is -0.130. The van der Waals surface area contributed by atoms with Crippen molar-refractivity contribution in [2.75, 3.05) is 13.1 Å². The highest BCUT2D eigenvalue weighted by Gasteiger charge is 2.23. The molecule has 144 valence electrons. The summed E-state index contributed by atoms with van der Waals surface area (Å²) in [6.45, 7) is 0.989. The van der Waals surface area contributed by atoms with Gasteiger partial charge in [0.15, 0.2) is 5.76 Å². The van der Waals surface area contributed by atoms with Crippen LogP contribution in [-0.4, -0.2) is 23.9 Å². The van der Waals surface area contributed by atoms with Crippen LogP contribution >= 0.6 is 0 Å². The van der Waals surface area contributed by atoms with Crippen LogP contribution in [0.2, 0.25) is 0 Å². The zero-order valence-corrected chi connectivity index (χ0v) is 15.1. The maximum atomic E-state index is 13.5. The van der Waals surface area contributed by atoms with E-state index in [2.05, 4.69) is 0 Å². The summed E-state index contributed by atoms with van der Waals surface area (Å²) >= 11 is 0. The van der Waals surface area contributed by atoms with Crippen LogP contribution in [0.5, 0.6) is 0 Å². The maximum Gasteiger partial charge on any atom is 0.227 e. The summed E-state index contributed by atoms with van der Waals surface area (Å²) in [6, 6.07) is 11.8. The van der Waals surface area contributed by atoms with E-state index in [-0.39, 0.29) is 23.7 Å². The van der Waals surface area contributed by atoms with E-state index in [4.69, 9.17) is 16.0 Å². The zero-order chi connectivity index (χ0) is 20.1.